The molecule has 0 bridgehead atoms. The Balaban J connectivity index is 1.25. The van der Waals surface area contributed by atoms with Crippen molar-refractivity contribution in [3.05, 3.63) is 59.6 Å². The summed E-state index contributed by atoms with van der Waals surface area (Å²) in [7, 11) is 0. The van der Waals surface area contributed by atoms with E-state index in [9.17, 15) is 9.59 Å². The molecule has 3 heterocycles. The van der Waals surface area contributed by atoms with E-state index < -0.39 is 0 Å². The minimum absolute atomic E-state index is 0.0305. The Kier molecular flexibility index (Phi) is 5.59. The van der Waals surface area contributed by atoms with E-state index in [-0.39, 0.29) is 17.7 Å². The van der Waals surface area contributed by atoms with Crippen molar-refractivity contribution in [3.8, 4) is 0 Å². The molecule has 2 aromatic carbocycles. The molecule has 2 aliphatic rings. The van der Waals surface area contributed by atoms with E-state index in [4.69, 9.17) is 0 Å². The fraction of sp³-hybridized carbons (Fsp3) is 0.375. The average Bonchev–Trinajstić information content (AvgIpc) is 3.38. The van der Waals surface area contributed by atoms with Gasteiger partial charge in [-0.2, -0.15) is 0 Å². The molecule has 1 atom stereocenters. The van der Waals surface area contributed by atoms with Crippen LogP contribution in [0.4, 0.5) is 5.13 Å². The van der Waals surface area contributed by atoms with Gasteiger partial charge in [0, 0.05) is 56.4 Å². The van der Waals surface area contributed by atoms with Crippen LogP contribution >= 0.6 is 11.3 Å². The van der Waals surface area contributed by atoms with Crippen LogP contribution in [0.2, 0.25) is 0 Å². The summed E-state index contributed by atoms with van der Waals surface area (Å²) in [6.07, 6.45) is 3.54. The van der Waals surface area contributed by atoms with Gasteiger partial charge in [0.25, 0.3) is 5.91 Å². The number of nitrogens with zero attached hydrogens (tertiary/aromatic N) is 4. The number of hydrogen-bond donors (Lipinski definition) is 0. The lowest BCUT2D eigenvalue weighted by Gasteiger charge is -2.39. The van der Waals surface area contributed by atoms with E-state index >= 15 is 0 Å². The first-order valence-corrected chi connectivity index (χ1v) is 11.8. The van der Waals surface area contributed by atoms with Gasteiger partial charge in [0.2, 0.25) is 5.91 Å². The largest absolute Gasteiger partial charge is 0.345 e. The topological polar surface area (TPSA) is 56.8 Å². The Morgan fingerprint density at radius 2 is 1.74 bits per heavy atom. The molecule has 0 spiro atoms. The number of fused-ring (bicyclic) bond motifs is 1. The molecule has 2 amide bonds. The lowest BCUT2D eigenvalue weighted by molar-refractivity contribution is -0.137. The number of amides is 2. The third kappa shape index (κ3) is 4.02. The first-order valence-electron chi connectivity index (χ1n) is 10.9. The summed E-state index contributed by atoms with van der Waals surface area (Å²) in [5.74, 6) is 0.108. The van der Waals surface area contributed by atoms with Gasteiger partial charge in [0.05, 0.1) is 5.92 Å². The first-order chi connectivity index (χ1) is 15.2. The number of benzene rings is 2. The van der Waals surface area contributed by atoms with Crippen LogP contribution in [0.5, 0.6) is 0 Å². The van der Waals surface area contributed by atoms with Gasteiger partial charge in [-0.15, -0.1) is 11.3 Å². The van der Waals surface area contributed by atoms with Crippen molar-refractivity contribution < 1.29 is 9.59 Å². The molecule has 0 saturated carbocycles. The fourth-order valence-electron chi connectivity index (χ4n) is 4.69. The summed E-state index contributed by atoms with van der Waals surface area (Å²) in [4.78, 5) is 37.0. The van der Waals surface area contributed by atoms with E-state index in [1.54, 1.807) is 11.3 Å². The molecule has 7 heteroatoms. The maximum Gasteiger partial charge on any atom is 0.254 e. The number of anilines is 1. The molecule has 5 rings (SSSR count). The standard InChI is InChI=1S/C24H26N4O2S/c29-22(26-12-14-27(15-13-26)24-25-10-16-31-24)19-7-4-11-28(17-19)23(30)21-9-3-6-18-5-1-2-8-20(18)21/h1-3,5-6,8-10,16,19H,4,7,11-15,17H2/t19-/m0/s1. The molecular formula is C24H26N4O2S. The number of aromatic nitrogens is 1. The second-order valence-corrected chi connectivity index (χ2v) is 9.12. The number of thiazole rings is 1. The van der Waals surface area contributed by atoms with Gasteiger partial charge in [-0.1, -0.05) is 36.4 Å². The molecule has 2 saturated heterocycles. The van der Waals surface area contributed by atoms with Gasteiger partial charge in [0.1, 0.15) is 0 Å². The van der Waals surface area contributed by atoms with Gasteiger partial charge < -0.3 is 14.7 Å². The molecule has 2 fully saturated rings. The van der Waals surface area contributed by atoms with Crippen LogP contribution in [0.25, 0.3) is 10.8 Å². The van der Waals surface area contributed by atoms with E-state index in [0.29, 0.717) is 26.2 Å². The molecule has 0 N–H and O–H groups in total. The predicted octanol–water partition coefficient (Wildman–Crippen LogP) is 3.50. The number of carbonyl (C=O) groups excluding carboxylic acids is 2. The molecule has 1 aromatic heterocycles. The molecule has 31 heavy (non-hydrogen) atoms. The minimum Gasteiger partial charge on any atom is -0.345 e. The molecule has 3 aromatic rings. The Bertz CT molecular complexity index is 1070. The number of piperazine rings is 1. The lowest BCUT2D eigenvalue weighted by Crippen LogP contribution is -2.53. The average molecular weight is 435 g/mol. The summed E-state index contributed by atoms with van der Waals surface area (Å²) >= 11 is 1.64. The van der Waals surface area contributed by atoms with Gasteiger partial charge >= 0.3 is 0 Å². The van der Waals surface area contributed by atoms with Crippen molar-refractivity contribution in [1.82, 2.24) is 14.8 Å². The van der Waals surface area contributed by atoms with Crippen LogP contribution in [-0.4, -0.2) is 65.9 Å². The van der Waals surface area contributed by atoms with Crippen LogP contribution in [0.1, 0.15) is 23.2 Å². The van der Waals surface area contributed by atoms with E-state index in [2.05, 4.69) is 9.88 Å². The normalized spacial score (nSPS) is 19.6. The van der Waals surface area contributed by atoms with E-state index in [1.807, 2.05) is 63.8 Å². The van der Waals surface area contributed by atoms with Crippen LogP contribution < -0.4 is 4.90 Å². The number of carbonyl (C=O) groups is 2. The highest BCUT2D eigenvalue weighted by molar-refractivity contribution is 7.13. The van der Waals surface area contributed by atoms with Crippen LogP contribution in [0.15, 0.2) is 54.0 Å². The summed E-state index contributed by atoms with van der Waals surface area (Å²) in [5, 5.41) is 5.05. The predicted molar refractivity (Wildman–Crippen MR) is 123 cm³/mol. The number of rotatable bonds is 3. The van der Waals surface area contributed by atoms with Crippen molar-refractivity contribution in [2.45, 2.75) is 12.8 Å². The maximum atomic E-state index is 13.3. The highest BCUT2D eigenvalue weighted by Crippen LogP contribution is 2.25. The highest BCUT2D eigenvalue weighted by Gasteiger charge is 2.33. The summed E-state index contributed by atoms with van der Waals surface area (Å²) < 4.78 is 0. The smallest absolute Gasteiger partial charge is 0.254 e. The zero-order valence-electron chi connectivity index (χ0n) is 17.4. The van der Waals surface area contributed by atoms with Crippen molar-refractivity contribution >= 4 is 39.1 Å². The molecular weight excluding hydrogens is 408 g/mol. The van der Waals surface area contributed by atoms with Crippen molar-refractivity contribution in [2.75, 3.05) is 44.2 Å². The van der Waals surface area contributed by atoms with Crippen molar-refractivity contribution in [3.63, 3.8) is 0 Å². The molecule has 160 valence electrons. The zero-order chi connectivity index (χ0) is 21.2. The summed E-state index contributed by atoms with van der Waals surface area (Å²) in [6, 6.07) is 13.8. The van der Waals surface area contributed by atoms with Crippen LogP contribution in [0, 0.1) is 5.92 Å². The summed E-state index contributed by atoms with van der Waals surface area (Å²) in [5.41, 5.74) is 0.725. The summed E-state index contributed by atoms with van der Waals surface area (Å²) in [6.45, 7) is 4.27. The Hall–Kier alpha value is -2.93. The molecule has 6 nitrogen and oxygen atoms in total. The SMILES string of the molecule is O=C(c1cccc2ccccc12)N1CCC[C@H](C(=O)N2CCN(c3nccs3)CC2)C1. The number of likely N-dealkylation sites (tertiary alicyclic amines) is 1. The zero-order valence-corrected chi connectivity index (χ0v) is 18.3. The van der Waals surface area contributed by atoms with Crippen molar-refractivity contribution in [2.24, 2.45) is 5.92 Å². The molecule has 2 aliphatic heterocycles. The highest BCUT2D eigenvalue weighted by atomic mass is 32.1. The fourth-order valence-corrected chi connectivity index (χ4v) is 5.39. The molecule has 0 unspecified atom stereocenters. The first kappa shape index (κ1) is 20.0. The van der Waals surface area contributed by atoms with Crippen LogP contribution in [0.3, 0.4) is 0 Å². The third-order valence-corrected chi connectivity index (χ3v) is 7.19. The van der Waals surface area contributed by atoms with Gasteiger partial charge in [0.15, 0.2) is 5.13 Å². The van der Waals surface area contributed by atoms with E-state index in [1.165, 1.54) is 0 Å². The lowest BCUT2D eigenvalue weighted by atomic mass is 9.95. The van der Waals surface area contributed by atoms with E-state index in [0.717, 1.165) is 47.4 Å². The Morgan fingerprint density at radius 3 is 2.55 bits per heavy atom. The second kappa shape index (κ2) is 8.67. The minimum atomic E-state index is -0.112. The monoisotopic (exact) mass is 434 g/mol. The quantitative estimate of drug-likeness (QED) is 0.633. The van der Waals surface area contributed by atoms with Crippen molar-refractivity contribution in [1.29, 1.82) is 0 Å². The Morgan fingerprint density at radius 1 is 0.935 bits per heavy atom. The maximum absolute atomic E-state index is 13.3. The number of piperidine rings is 1. The second-order valence-electron chi connectivity index (χ2n) is 8.24. The molecule has 0 radical (unpaired) electrons. The van der Waals surface area contributed by atoms with Gasteiger partial charge in [-0.3, -0.25) is 9.59 Å². The number of hydrogen-bond acceptors (Lipinski definition) is 5. The third-order valence-electron chi connectivity index (χ3n) is 6.36. The Labute approximate surface area is 186 Å². The van der Waals surface area contributed by atoms with Gasteiger partial charge in [-0.05, 0) is 29.7 Å². The van der Waals surface area contributed by atoms with Crippen LogP contribution in [-0.2, 0) is 4.79 Å². The molecule has 0 aliphatic carbocycles. The van der Waals surface area contributed by atoms with Gasteiger partial charge in [-0.25, -0.2) is 4.98 Å².